The van der Waals surface area contributed by atoms with Crippen molar-refractivity contribution in [2.75, 3.05) is 6.54 Å². The summed E-state index contributed by atoms with van der Waals surface area (Å²) in [5.41, 5.74) is 11.4. The third-order valence-electron chi connectivity index (χ3n) is 5.89. The minimum Gasteiger partial charge on any atom is -0.330 e. The van der Waals surface area contributed by atoms with E-state index in [-0.39, 0.29) is 0 Å². The molecule has 0 radical (unpaired) electrons. The van der Waals surface area contributed by atoms with E-state index in [0.29, 0.717) is 5.92 Å². The van der Waals surface area contributed by atoms with Gasteiger partial charge in [0, 0.05) is 22.9 Å². The number of pyridine rings is 1. The molecule has 1 atom stereocenters. The van der Waals surface area contributed by atoms with Gasteiger partial charge in [0.15, 0.2) is 0 Å². The van der Waals surface area contributed by atoms with Crippen LogP contribution in [0.1, 0.15) is 48.5 Å². The lowest BCUT2D eigenvalue weighted by Crippen LogP contribution is -2.28. The van der Waals surface area contributed by atoms with Gasteiger partial charge in [-0.1, -0.05) is 19.1 Å². The van der Waals surface area contributed by atoms with Crippen LogP contribution in [0.3, 0.4) is 0 Å². The normalized spacial score (nSPS) is 20.9. The molecule has 0 spiro atoms. The summed E-state index contributed by atoms with van der Waals surface area (Å²) in [4.78, 5) is 9.53. The van der Waals surface area contributed by atoms with Gasteiger partial charge < -0.3 is 5.73 Å². The first-order valence-electron chi connectivity index (χ1n) is 9.60. The molecule has 2 heterocycles. The number of aromatic nitrogens is 2. The molecule has 0 saturated heterocycles. The zero-order valence-electron chi connectivity index (χ0n) is 15.8. The summed E-state index contributed by atoms with van der Waals surface area (Å²) in [7, 11) is 0. The van der Waals surface area contributed by atoms with Crippen LogP contribution >= 0.6 is 11.3 Å². The third-order valence-corrected chi connectivity index (χ3v) is 7.07. The Morgan fingerprint density at radius 2 is 1.96 bits per heavy atom. The standard InChI is InChI=1S/C22H27N3S/c1-13(8-9-23)17-10-18(11-17)22-25-20-7-5-16(12-21(20)26-22)19-6-4-14(2)24-15(19)3/h4-7,12-13,17-18H,8-11,23H2,1-3H3. The van der Waals surface area contributed by atoms with Crippen LogP contribution in [0.25, 0.3) is 21.3 Å². The second-order valence-electron chi connectivity index (χ2n) is 7.80. The molecule has 4 rings (SSSR count). The second kappa shape index (κ2) is 7.09. The van der Waals surface area contributed by atoms with Crippen LogP contribution in [0, 0.1) is 25.7 Å². The van der Waals surface area contributed by atoms with E-state index < -0.39 is 0 Å². The molecule has 1 aliphatic rings. The fourth-order valence-corrected chi connectivity index (χ4v) is 5.24. The highest BCUT2D eigenvalue weighted by Crippen LogP contribution is 2.47. The van der Waals surface area contributed by atoms with Crippen LogP contribution in [0.4, 0.5) is 0 Å². The molecule has 1 fully saturated rings. The van der Waals surface area contributed by atoms with Crippen LogP contribution in [0.2, 0.25) is 0 Å². The SMILES string of the molecule is Cc1ccc(-c2ccc3nc(C4CC(C(C)CCN)C4)sc3c2)c(C)n1. The van der Waals surface area contributed by atoms with E-state index in [1.54, 1.807) is 0 Å². The lowest BCUT2D eigenvalue weighted by Gasteiger charge is -2.38. The molecule has 2 aromatic heterocycles. The van der Waals surface area contributed by atoms with Crippen molar-refractivity contribution in [3.8, 4) is 11.1 Å². The van der Waals surface area contributed by atoms with E-state index in [9.17, 15) is 0 Å². The first-order chi connectivity index (χ1) is 12.5. The van der Waals surface area contributed by atoms with Gasteiger partial charge in [-0.05, 0) is 75.3 Å². The van der Waals surface area contributed by atoms with Gasteiger partial charge in [-0.25, -0.2) is 4.98 Å². The van der Waals surface area contributed by atoms with Crippen LogP contribution in [-0.2, 0) is 0 Å². The van der Waals surface area contributed by atoms with Gasteiger partial charge in [0.2, 0.25) is 0 Å². The summed E-state index contributed by atoms with van der Waals surface area (Å²) in [6.07, 6.45) is 3.69. The molecule has 1 saturated carbocycles. The maximum Gasteiger partial charge on any atom is 0.0969 e. The number of aryl methyl sites for hydroxylation is 2. The van der Waals surface area contributed by atoms with E-state index in [1.807, 2.05) is 18.3 Å². The van der Waals surface area contributed by atoms with Crippen molar-refractivity contribution in [2.24, 2.45) is 17.6 Å². The summed E-state index contributed by atoms with van der Waals surface area (Å²) in [5.74, 6) is 2.21. The highest BCUT2D eigenvalue weighted by molar-refractivity contribution is 7.18. The third kappa shape index (κ3) is 3.28. The number of nitrogens with two attached hydrogens (primary N) is 1. The smallest absolute Gasteiger partial charge is 0.0969 e. The summed E-state index contributed by atoms with van der Waals surface area (Å²) in [6, 6.07) is 10.9. The van der Waals surface area contributed by atoms with Crippen molar-refractivity contribution in [3.05, 3.63) is 46.7 Å². The Morgan fingerprint density at radius 3 is 2.69 bits per heavy atom. The summed E-state index contributed by atoms with van der Waals surface area (Å²) >= 11 is 1.87. The summed E-state index contributed by atoms with van der Waals surface area (Å²) < 4.78 is 1.29. The Balaban J connectivity index is 1.55. The average Bonchev–Trinajstić information content (AvgIpc) is 2.96. The first-order valence-corrected chi connectivity index (χ1v) is 10.4. The number of hydrogen-bond acceptors (Lipinski definition) is 4. The van der Waals surface area contributed by atoms with Crippen LogP contribution < -0.4 is 5.73 Å². The molecule has 1 aromatic carbocycles. The Kier molecular flexibility index (Phi) is 4.80. The lowest BCUT2D eigenvalue weighted by molar-refractivity contribution is 0.178. The molecule has 1 unspecified atom stereocenters. The van der Waals surface area contributed by atoms with Gasteiger partial charge >= 0.3 is 0 Å². The molecule has 1 aliphatic carbocycles. The maximum absolute atomic E-state index is 5.71. The van der Waals surface area contributed by atoms with Crippen LogP contribution in [0.15, 0.2) is 30.3 Å². The Bertz CT molecular complexity index is 924. The second-order valence-corrected chi connectivity index (χ2v) is 8.87. The molecular formula is C22H27N3S. The van der Waals surface area contributed by atoms with Crippen molar-refractivity contribution in [2.45, 2.75) is 46.0 Å². The number of fused-ring (bicyclic) bond motifs is 1. The topological polar surface area (TPSA) is 51.8 Å². The number of benzene rings is 1. The summed E-state index contributed by atoms with van der Waals surface area (Å²) in [5, 5.41) is 1.31. The molecule has 26 heavy (non-hydrogen) atoms. The average molecular weight is 366 g/mol. The van der Waals surface area contributed by atoms with Crippen molar-refractivity contribution >= 4 is 21.6 Å². The predicted octanol–water partition coefficient (Wildman–Crippen LogP) is 5.45. The minimum atomic E-state index is 0.642. The van der Waals surface area contributed by atoms with Crippen LogP contribution in [0.5, 0.6) is 0 Å². The number of thiazole rings is 1. The molecule has 0 amide bonds. The quantitative estimate of drug-likeness (QED) is 0.654. The Labute approximate surface area is 159 Å². The van der Waals surface area contributed by atoms with Gasteiger partial charge in [-0.15, -0.1) is 11.3 Å². The lowest BCUT2D eigenvalue weighted by atomic mass is 9.68. The molecule has 136 valence electrons. The zero-order chi connectivity index (χ0) is 18.3. The molecule has 0 bridgehead atoms. The van der Waals surface area contributed by atoms with E-state index >= 15 is 0 Å². The molecular weight excluding hydrogens is 338 g/mol. The highest BCUT2D eigenvalue weighted by Gasteiger charge is 2.35. The van der Waals surface area contributed by atoms with E-state index in [0.717, 1.165) is 41.7 Å². The largest absolute Gasteiger partial charge is 0.330 e. The maximum atomic E-state index is 5.71. The van der Waals surface area contributed by atoms with Crippen molar-refractivity contribution < 1.29 is 0 Å². The molecule has 3 nitrogen and oxygen atoms in total. The Morgan fingerprint density at radius 1 is 1.15 bits per heavy atom. The van der Waals surface area contributed by atoms with Gasteiger partial charge in [0.05, 0.1) is 15.2 Å². The zero-order valence-corrected chi connectivity index (χ0v) is 16.6. The number of hydrogen-bond donors (Lipinski definition) is 1. The van der Waals surface area contributed by atoms with Gasteiger partial charge in [0.1, 0.15) is 0 Å². The highest BCUT2D eigenvalue weighted by atomic mass is 32.1. The van der Waals surface area contributed by atoms with Crippen molar-refractivity contribution in [1.82, 2.24) is 9.97 Å². The Hall–Kier alpha value is -1.78. The summed E-state index contributed by atoms with van der Waals surface area (Å²) in [6.45, 7) is 7.27. The molecule has 2 N–H and O–H groups in total. The van der Waals surface area contributed by atoms with Gasteiger partial charge in [-0.3, -0.25) is 4.98 Å². The number of rotatable bonds is 5. The van der Waals surface area contributed by atoms with Crippen molar-refractivity contribution in [1.29, 1.82) is 0 Å². The molecule has 3 aromatic rings. The van der Waals surface area contributed by atoms with Gasteiger partial charge in [0.25, 0.3) is 0 Å². The number of nitrogens with zero attached hydrogens (tertiary/aromatic N) is 2. The van der Waals surface area contributed by atoms with E-state index in [1.165, 1.54) is 33.7 Å². The van der Waals surface area contributed by atoms with Crippen LogP contribution in [-0.4, -0.2) is 16.5 Å². The van der Waals surface area contributed by atoms with E-state index in [2.05, 4.69) is 49.2 Å². The minimum absolute atomic E-state index is 0.642. The van der Waals surface area contributed by atoms with Gasteiger partial charge in [-0.2, -0.15) is 0 Å². The molecule has 0 aliphatic heterocycles. The van der Waals surface area contributed by atoms with Crippen molar-refractivity contribution in [3.63, 3.8) is 0 Å². The van der Waals surface area contributed by atoms with E-state index in [4.69, 9.17) is 10.7 Å². The monoisotopic (exact) mass is 365 g/mol. The molecule has 4 heteroatoms. The predicted molar refractivity (Wildman–Crippen MR) is 111 cm³/mol. The fourth-order valence-electron chi connectivity index (χ4n) is 4.10. The fraction of sp³-hybridized carbons (Fsp3) is 0.455. The first kappa shape index (κ1) is 17.6.